The van der Waals surface area contributed by atoms with Crippen LogP contribution in [0.25, 0.3) is 0 Å². The highest BCUT2D eigenvalue weighted by molar-refractivity contribution is 5.93. The molecule has 1 saturated heterocycles. The smallest absolute Gasteiger partial charge is 0.246 e. The van der Waals surface area contributed by atoms with E-state index >= 15 is 0 Å². The van der Waals surface area contributed by atoms with E-state index in [1.165, 1.54) is 11.8 Å². The van der Waals surface area contributed by atoms with Gasteiger partial charge in [0.2, 0.25) is 17.7 Å². The molecule has 1 aromatic carbocycles. The van der Waals surface area contributed by atoms with Gasteiger partial charge in [-0.15, -0.1) is 6.42 Å². The van der Waals surface area contributed by atoms with Crippen molar-refractivity contribution in [3.63, 3.8) is 0 Å². The summed E-state index contributed by atoms with van der Waals surface area (Å²) in [6, 6.07) is 5.39. The van der Waals surface area contributed by atoms with Crippen LogP contribution in [0.4, 0.5) is 0 Å². The summed E-state index contributed by atoms with van der Waals surface area (Å²) >= 11 is 0. The first kappa shape index (κ1) is 23.4. The summed E-state index contributed by atoms with van der Waals surface area (Å²) < 4.78 is 0. The second-order valence-corrected chi connectivity index (χ2v) is 8.89. The van der Waals surface area contributed by atoms with Crippen molar-refractivity contribution in [2.24, 2.45) is 5.41 Å². The van der Waals surface area contributed by atoms with E-state index in [4.69, 9.17) is 6.42 Å². The molecule has 4 atom stereocenters. The first-order valence-electron chi connectivity index (χ1n) is 10.1. The molecule has 1 heterocycles. The van der Waals surface area contributed by atoms with Gasteiger partial charge in [0.05, 0.1) is 12.1 Å². The third-order valence-corrected chi connectivity index (χ3v) is 5.26. The number of aliphatic hydroxyl groups is 1. The lowest BCUT2D eigenvalue weighted by Gasteiger charge is -2.35. The summed E-state index contributed by atoms with van der Waals surface area (Å²) in [6.45, 7) is 8.77. The number of β-amino-alcohol motifs (C(OH)–C–C–N with tert-alkyl or cyclic N) is 1. The van der Waals surface area contributed by atoms with Crippen molar-refractivity contribution < 1.29 is 19.5 Å². The Labute approximate surface area is 178 Å². The topological polar surface area (TPSA) is 98.7 Å². The molecule has 1 aromatic rings. The van der Waals surface area contributed by atoms with Gasteiger partial charge in [0, 0.05) is 25.5 Å². The summed E-state index contributed by atoms with van der Waals surface area (Å²) in [5.74, 6) is 1.50. The molecular formula is C23H31N3O4. The number of rotatable bonds is 5. The van der Waals surface area contributed by atoms with Gasteiger partial charge in [-0.2, -0.15) is 0 Å². The zero-order chi connectivity index (χ0) is 22.6. The molecule has 1 fully saturated rings. The van der Waals surface area contributed by atoms with Crippen LogP contribution in [-0.4, -0.2) is 52.5 Å². The average Bonchev–Trinajstić information content (AvgIpc) is 3.06. The predicted molar refractivity (Wildman–Crippen MR) is 114 cm³/mol. The largest absolute Gasteiger partial charge is 0.391 e. The van der Waals surface area contributed by atoms with Crippen molar-refractivity contribution in [2.45, 2.75) is 65.3 Å². The van der Waals surface area contributed by atoms with Crippen molar-refractivity contribution in [3.8, 4) is 12.3 Å². The van der Waals surface area contributed by atoms with Gasteiger partial charge in [-0.1, -0.05) is 38.8 Å². The molecule has 1 aliphatic rings. The van der Waals surface area contributed by atoms with E-state index < -0.39 is 23.6 Å². The summed E-state index contributed by atoms with van der Waals surface area (Å²) in [6.07, 6.45) is 4.73. The second-order valence-electron chi connectivity index (χ2n) is 8.89. The van der Waals surface area contributed by atoms with E-state index in [0.29, 0.717) is 0 Å². The Bertz CT molecular complexity index is 835. The van der Waals surface area contributed by atoms with Crippen molar-refractivity contribution in [1.82, 2.24) is 15.5 Å². The lowest BCUT2D eigenvalue weighted by Crippen LogP contribution is -2.57. The van der Waals surface area contributed by atoms with E-state index in [-0.39, 0.29) is 36.7 Å². The number of aliphatic hydroxyl groups excluding tert-OH is 1. The number of nitrogens with one attached hydrogen (secondary N) is 2. The van der Waals surface area contributed by atoms with Crippen molar-refractivity contribution in [2.75, 3.05) is 6.54 Å². The number of benzene rings is 1. The van der Waals surface area contributed by atoms with Gasteiger partial charge in [-0.25, -0.2) is 0 Å². The van der Waals surface area contributed by atoms with Crippen LogP contribution in [0.2, 0.25) is 0 Å². The number of terminal acetylenes is 1. The number of hydrogen-bond acceptors (Lipinski definition) is 4. The van der Waals surface area contributed by atoms with Crippen LogP contribution in [0.1, 0.15) is 58.2 Å². The fraction of sp³-hybridized carbons (Fsp3) is 0.522. The summed E-state index contributed by atoms with van der Waals surface area (Å²) in [4.78, 5) is 39.2. The molecule has 0 aliphatic carbocycles. The Morgan fingerprint density at radius 1 is 1.20 bits per heavy atom. The van der Waals surface area contributed by atoms with Gasteiger partial charge in [-0.3, -0.25) is 14.4 Å². The first-order chi connectivity index (χ1) is 13.9. The number of likely N-dealkylation sites (tertiary alicyclic amines) is 1. The Hall–Kier alpha value is -2.85. The summed E-state index contributed by atoms with van der Waals surface area (Å²) in [7, 11) is 0. The quantitative estimate of drug-likeness (QED) is 0.635. The van der Waals surface area contributed by atoms with Crippen LogP contribution in [0.3, 0.4) is 0 Å². The number of hydrogen-bond donors (Lipinski definition) is 3. The van der Waals surface area contributed by atoms with Crippen LogP contribution in [0.5, 0.6) is 0 Å². The maximum atomic E-state index is 13.2. The molecule has 7 heteroatoms. The molecule has 3 amide bonds. The third-order valence-electron chi connectivity index (χ3n) is 5.26. The average molecular weight is 414 g/mol. The maximum absolute atomic E-state index is 13.2. The first-order valence-corrected chi connectivity index (χ1v) is 10.1. The predicted octanol–water partition coefficient (Wildman–Crippen LogP) is 1.36. The molecule has 0 saturated carbocycles. The molecule has 7 nitrogen and oxygen atoms in total. The van der Waals surface area contributed by atoms with Gasteiger partial charge in [0.25, 0.3) is 0 Å². The van der Waals surface area contributed by atoms with Crippen LogP contribution in [0.15, 0.2) is 24.3 Å². The van der Waals surface area contributed by atoms with E-state index in [1.54, 1.807) is 12.1 Å². The molecule has 0 radical (unpaired) electrons. The van der Waals surface area contributed by atoms with Crippen LogP contribution >= 0.6 is 0 Å². The minimum absolute atomic E-state index is 0.0499. The molecule has 162 valence electrons. The van der Waals surface area contributed by atoms with Gasteiger partial charge in [0.1, 0.15) is 12.1 Å². The van der Waals surface area contributed by atoms with Gasteiger partial charge in [-0.05, 0) is 30.0 Å². The standard InChI is InChI=1S/C23H31N3O4/c1-7-16-8-10-17(11-9-16)14(2)24-21(29)19-12-18(28)13-26(19)22(30)20(23(4,5)6)25-15(3)27/h1,8-11,14,18-20,28H,12-13H2,2-6H3,(H,24,29)(H,25,27)/t14-,18+,19-,20+/m0/s1. The number of carbonyl (C=O) groups is 3. The molecule has 0 unspecified atom stereocenters. The third kappa shape index (κ3) is 5.61. The van der Waals surface area contributed by atoms with E-state index in [2.05, 4.69) is 16.6 Å². The summed E-state index contributed by atoms with van der Waals surface area (Å²) in [5.41, 5.74) is 1.08. The molecule has 0 bridgehead atoms. The molecule has 1 aliphatic heterocycles. The molecule has 3 N–H and O–H groups in total. The van der Waals surface area contributed by atoms with Crippen molar-refractivity contribution >= 4 is 17.7 Å². The monoisotopic (exact) mass is 413 g/mol. The molecule has 0 spiro atoms. The highest BCUT2D eigenvalue weighted by Gasteiger charge is 2.44. The van der Waals surface area contributed by atoms with Gasteiger partial charge in [0.15, 0.2) is 0 Å². The van der Waals surface area contributed by atoms with Gasteiger partial charge < -0.3 is 20.6 Å². The minimum Gasteiger partial charge on any atom is -0.391 e. The van der Waals surface area contributed by atoms with Crippen molar-refractivity contribution in [1.29, 1.82) is 0 Å². The second kappa shape index (κ2) is 9.31. The highest BCUT2D eigenvalue weighted by atomic mass is 16.3. The Balaban J connectivity index is 2.17. The van der Waals surface area contributed by atoms with E-state index in [0.717, 1.165) is 11.1 Å². The zero-order valence-corrected chi connectivity index (χ0v) is 18.2. The number of amides is 3. The van der Waals surface area contributed by atoms with Crippen molar-refractivity contribution in [3.05, 3.63) is 35.4 Å². The Morgan fingerprint density at radius 3 is 2.30 bits per heavy atom. The molecule has 2 rings (SSSR count). The SMILES string of the molecule is C#Cc1ccc([C@H](C)NC(=O)[C@@H]2C[C@@H](O)CN2C(=O)[C@@H](NC(C)=O)C(C)(C)C)cc1. The number of nitrogens with zero attached hydrogens (tertiary/aromatic N) is 1. The van der Waals surface area contributed by atoms with E-state index in [1.807, 2.05) is 39.8 Å². The Morgan fingerprint density at radius 2 is 1.80 bits per heavy atom. The van der Waals surface area contributed by atoms with Gasteiger partial charge >= 0.3 is 0 Å². The molecular weight excluding hydrogens is 382 g/mol. The fourth-order valence-corrected chi connectivity index (χ4v) is 3.58. The number of carbonyl (C=O) groups excluding carboxylic acids is 3. The zero-order valence-electron chi connectivity index (χ0n) is 18.2. The Kier molecular flexibility index (Phi) is 7.27. The van der Waals surface area contributed by atoms with Crippen LogP contribution in [-0.2, 0) is 14.4 Å². The summed E-state index contributed by atoms with van der Waals surface area (Å²) in [5, 5.41) is 15.8. The fourth-order valence-electron chi connectivity index (χ4n) is 3.58. The van der Waals surface area contributed by atoms with E-state index in [9.17, 15) is 19.5 Å². The molecule has 0 aromatic heterocycles. The maximum Gasteiger partial charge on any atom is 0.246 e. The lowest BCUT2D eigenvalue weighted by atomic mass is 9.85. The normalized spacial score (nSPS) is 20.8. The molecule has 30 heavy (non-hydrogen) atoms. The minimum atomic E-state index is -0.807. The van der Waals surface area contributed by atoms with Crippen LogP contribution < -0.4 is 10.6 Å². The highest BCUT2D eigenvalue weighted by Crippen LogP contribution is 2.26. The lowest BCUT2D eigenvalue weighted by molar-refractivity contribution is -0.144. The van der Waals surface area contributed by atoms with Crippen LogP contribution in [0, 0.1) is 17.8 Å².